The van der Waals surface area contributed by atoms with Gasteiger partial charge in [-0.05, 0) is 43.0 Å². The lowest BCUT2D eigenvalue weighted by molar-refractivity contribution is -0.134. The smallest absolute Gasteiger partial charge is 0.233 e. The van der Waals surface area contributed by atoms with Gasteiger partial charge in [-0.15, -0.1) is 11.3 Å². The summed E-state index contributed by atoms with van der Waals surface area (Å²) in [6.45, 7) is 0.943. The van der Waals surface area contributed by atoms with E-state index >= 15 is 0 Å². The van der Waals surface area contributed by atoms with Crippen LogP contribution in [0.1, 0.15) is 38.5 Å². The number of rotatable bonds is 3. The zero-order chi connectivity index (χ0) is 15.6. The summed E-state index contributed by atoms with van der Waals surface area (Å²) in [6.07, 6.45) is 9.20. The number of hydrogen-bond acceptors (Lipinski definition) is 5. The van der Waals surface area contributed by atoms with Gasteiger partial charge in [0.05, 0.1) is 5.75 Å². The molecule has 2 atom stereocenters. The number of carbonyl (C=O) groups is 1. The van der Waals surface area contributed by atoms with Crippen molar-refractivity contribution in [2.45, 2.75) is 49.6 Å². The van der Waals surface area contributed by atoms with E-state index < -0.39 is 0 Å². The molecule has 0 radical (unpaired) electrons. The Morgan fingerprint density at radius 2 is 2.13 bits per heavy atom. The predicted octanol–water partition coefficient (Wildman–Crippen LogP) is 3.96. The molecule has 3 heterocycles. The summed E-state index contributed by atoms with van der Waals surface area (Å²) >= 11 is 3.18. The molecule has 0 spiro atoms. The molecule has 4 nitrogen and oxygen atoms in total. The van der Waals surface area contributed by atoms with Gasteiger partial charge in [-0.3, -0.25) is 4.79 Å². The van der Waals surface area contributed by atoms with Crippen LogP contribution in [0.2, 0.25) is 0 Å². The molecule has 2 aromatic heterocycles. The van der Waals surface area contributed by atoms with Gasteiger partial charge in [0.15, 0.2) is 0 Å². The second-order valence-electron chi connectivity index (χ2n) is 6.45. The molecule has 6 heteroatoms. The van der Waals surface area contributed by atoms with E-state index in [4.69, 9.17) is 0 Å². The second-order valence-corrected chi connectivity index (χ2v) is 8.31. The first kappa shape index (κ1) is 15.4. The number of aromatic nitrogens is 2. The van der Waals surface area contributed by atoms with Crippen molar-refractivity contribution in [1.29, 1.82) is 0 Å². The van der Waals surface area contributed by atoms with Crippen LogP contribution in [0.3, 0.4) is 0 Å². The number of piperidine rings is 1. The first-order chi connectivity index (χ1) is 11.3. The average molecular weight is 348 g/mol. The molecule has 4 rings (SSSR count). The quantitative estimate of drug-likeness (QED) is 0.623. The van der Waals surface area contributed by atoms with E-state index in [0.29, 0.717) is 11.8 Å². The van der Waals surface area contributed by atoms with Crippen molar-refractivity contribution >= 4 is 39.2 Å². The molecule has 1 saturated carbocycles. The van der Waals surface area contributed by atoms with Gasteiger partial charge in [-0.2, -0.15) is 0 Å². The van der Waals surface area contributed by atoms with Gasteiger partial charge in [0.2, 0.25) is 5.91 Å². The third kappa shape index (κ3) is 3.11. The lowest BCUT2D eigenvalue weighted by atomic mass is 9.78. The molecule has 1 aliphatic carbocycles. The molecule has 0 unspecified atom stereocenters. The molecular formula is C17H21N3OS2. The molecule has 1 saturated heterocycles. The summed E-state index contributed by atoms with van der Waals surface area (Å²) in [5, 5.41) is 4.04. The van der Waals surface area contributed by atoms with Crippen molar-refractivity contribution < 1.29 is 4.79 Å². The van der Waals surface area contributed by atoms with Gasteiger partial charge in [-0.1, -0.05) is 24.6 Å². The van der Waals surface area contributed by atoms with E-state index in [1.54, 1.807) is 29.4 Å². The number of hydrogen-bond donors (Lipinski definition) is 0. The van der Waals surface area contributed by atoms with Gasteiger partial charge in [0.1, 0.15) is 16.2 Å². The standard InChI is InChI=1S/C17H21N3OS2/c21-15(20-8-3-5-12-4-1-2-6-14(12)20)10-23-17-13-7-9-22-16(13)18-11-19-17/h7,9,11-12,14H,1-6,8,10H2/t12-,14+/m1/s1. The van der Waals surface area contributed by atoms with Crippen LogP contribution in [0, 0.1) is 5.92 Å². The number of thioether (sulfide) groups is 1. The molecule has 23 heavy (non-hydrogen) atoms. The summed E-state index contributed by atoms with van der Waals surface area (Å²) in [6, 6.07) is 2.54. The van der Waals surface area contributed by atoms with Crippen molar-refractivity contribution in [2.75, 3.05) is 12.3 Å². The number of carbonyl (C=O) groups excluding carboxylic acids is 1. The van der Waals surface area contributed by atoms with Gasteiger partial charge in [-0.25, -0.2) is 9.97 Å². The third-order valence-electron chi connectivity index (χ3n) is 5.12. The van der Waals surface area contributed by atoms with Crippen LogP contribution in [0.15, 0.2) is 22.8 Å². The molecule has 122 valence electrons. The lowest BCUT2D eigenvalue weighted by Crippen LogP contribution is -2.50. The van der Waals surface area contributed by atoms with E-state index in [9.17, 15) is 4.79 Å². The van der Waals surface area contributed by atoms with E-state index in [-0.39, 0.29) is 5.91 Å². The first-order valence-electron chi connectivity index (χ1n) is 8.43. The fraction of sp³-hybridized carbons (Fsp3) is 0.588. The van der Waals surface area contributed by atoms with Gasteiger partial charge >= 0.3 is 0 Å². The molecule has 0 bridgehead atoms. The SMILES string of the molecule is O=C(CSc1ncnc2sccc12)N1CCC[C@H]2CCCC[C@@H]21. The highest BCUT2D eigenvalue weighted by Gasteiger charge is 2.35. The van der Waals surface area contributed by atoms with E-state index in [1.807, 2.05) is 11.4 Å². The van der Waals surface area contributed by atoms with Crippen LogP contribution in [-0.4, -0.2) is 39.1 Å². The first-order valence-corrected chi connectivity index (χ1v) is 10.3. The number of likely N-dealkylation sites (tertiary alicyclic amines) is 1. The van der Waals surface area contributed by atoms with Crippen molar-refractivity contribution in [3.63, 3.8) is 0 Å². The highest BCUT2D eigenvalue weighted by molar-refractivity contribution is 8.00. The van der Waals surface area contributed by atoms with E-state index in [2.05, 4.69) is 14.9 Å². The zero-order valence-electron chi connectivity index (χ0n) is 13.1. The summed E-state index contributed by atoms with van der Waals surface area (Å²) in [5.74, 6) is 1.52. The fourth-order valence-corrected chi connectivity index (χ4v) is 5.69. The summed E-state index contributed by atoms with van der Waals surface area (Å²) in [7, 11) is 0. The summed E-state index contributed by atoms with van der Waals surface area (Å²) < 4.78 is 0. The lowest BCUT2D eigenvalue weighted by Gasteiger charge is -2.44. The van der Waals surface area contributed by atoms with Crippen molar-refractivity contribution in [3.8, 4) is 0 Å². The van der Waals surface area contributed by atoms with E-state index in [0.717, 1.165) is 27.7 Å². The van der Waals surface area contributed by atoms with Gasteiger partial charge in [0.25, 0.3) is 0 Å². The summed E-state index contributed by atoms with van der Waals surface area (Å²) in [4.78, 5) is 24.6. The highest BCUT2D eigenvalue weighted by atomic mass is 32.2. The Balaban J connectivity index is 1.44. The Hall–Kier alpha value is -1.14. The molecule has 1 amide bonds. The maximum atomic E-state index is 12.8. The van der Waals surface area contributed by atoms with Crippen LogP contribution >= 0.6 is 23.1 Å². The minimum absolute atomic E-state index is 0.286. The molecular weight excluding hydrogens is 326 g/mol. The monoisotopic (exact) mass is 347 g/mol. The maximum Gasteiger partial charge on any atom is 0.233 e. The Morgan fingerprint density at radius 3 is 3.09 bits per heavy atom. The van der Waals surface area contributed by atoms with Crippen molar-refractivity contribution in [3.05, 3.63) is 17.8 Å². The van der Waals surface area contributed by atoms with Crippen LogP contribution in [-0.2, 0) is 4.79 Å². The predicted molar refractivity (Wildman–Crippen MR) is 94.8 cm³/mol. The number of amides is 1. The maximum absolute atomic E-state index is 12.8. The fourth-order valence-electron chi connectivity index (χ4n) is 4.03. The summed E-state index contributed by atoms with van der Waals surface area (Å²) in [5.41, 5.74) is 0. The highest BCUT2D eigenvalue weighted by Crippen LogP contribution is 2.36. The largest absolute Gasteiger partial charge is 0.339 e. The van der Waals surface area contributed by atoms with Crippen LogP contribution in [0.25, 0.3) is 10.2 Å². The average Bonchev–Trinajstić information content (AvgIpc) is 3.08. The second kappa shape index (κ2) is 6.77. The van der Waals surface area contributed by atoms with Gasteiger partial charge < -0.3 is 4.90 Å². The van der Waals surface area contributed by atoms with E-state index in [1.165, 1.54) is 38.5 Å². The van der Waals surface area contributed by atoms with Crippen molar-refractivity contribution in [2.24, 2.45) is 5.92 Å². The molecule has 2 aromatic rings. The number of thiophene rings is 1. The van der Waals surface area contributed by atoms with Gasteiger partial charge in [0, 0.05) is 18.0 Å². The normalized spacial score (nSPS) is 24.6. The van der Waals surface area contributed by atoms with Crippen molar-refractivity contribution in [1.82, 2.24) is 14.9 Å². The Bertz CT molecular complexity index is 700. The number of nitrogens with zero attached hydrogens (tertiary/aromatic N) is 3. The molecule has 2 aliphatic rings. The molecule has 0 aromatic carbocycles. The van der Waals surface area contributed by atoms with Crippen LogP contribution in [0.5, 0.6) is 0 Å². The number of fused-ring (bicyclic) bond motifs is 2. The molecule has 0 N–H and O–H groups in total. The Labute approximate surface area is 144 Å². The zero-order valence-corrected chi connectivity index (χ0v) is 14.7. The minimum Gasteiger partial charge on any atom is -0.339 e. The van der Waals surface area contributed by atoms with Crippen LogP contribution < -0.4 is 0 Å². The van der Waals surface area contributed by atoms with Crippen LogP contribution in [0.4, 0.5) is 0 Å². The Morgan fingerprint density at radius 1 is 1.26 bits per heavy atom. The Kier molecular flexibility index (Phi) is 4.53. The molecule has 2 fully saturated rings. The minimum atomic E-state index is 0.286. The topological polar surface area (TPSA) is 46.1 Å². The molecule has 1 aliphatic heterocycles. The third-order valence-corrected chi connectivity index (χ3v) is 6.93.